The molecule has 0 aromatic rings. The summed E-state index contributed by atoms with van der Waals surface area (Å²) in [6, 6.07) is 0. The average Bonchev–Trinajstić information content (AvgIpc) is 3.37. The van der Waals surface area contributed by atoms with Gasteiger partial charge in [0.1, 0.15) is 0 Å². The monoisotopic (exact) mass is 1140 g/mol. The Morgan fingerprint density at radius 1 is 0.357 bits per heavy atom. The zero-order chi connectivity index (χ0) is 47.8. The van der Waals surface area contributed by atoms with Crippen molar-refractivity contribution in [2.75, 3.05) is 92.5 Å². The van der Waals surface area contributed by atoms with Gasteiger partial charge < -0.3 is 86.7 Å². The van der Waals surface area contributed by atoms with Gasteiger partial charge in [-0.1, -0.05) is 20.3 Å². The fourth-order valence-corrected chi connectivity index (χ4v) is 70.3. The topological polar surface area (TPSA) is 185 Å². The molecule has 8 bridgehead atoms. The molecule has 8 atom stereocenters. The second kappa shape index (κ2) is 20.4. The van der Waals surface area contributed by atoms with Crippen LogP contribution in [-0.2, 0) is 86.7 Å². The van der Waals surface area contributed by atoms with Gasteiger partial charge in [-0.3, -0.25) is 0 Å². The van der Waals surface area contributed by atoms with Crippen LogP contribution in [-0.4, -0.2) is 171 Å². The van der Waals surface area contributed by atoms with Crippen LogP contribution < -0.4 is 0 Å². The molecule has 70 heavy (non-hydrogen) atoms. The Hall–Kier alpha value is 1.15. The normalized spacial score (nSPS) is 50.8. The summed E-state index contributed by atoms with van der Waals surface area (Å²) in [5.74, 6) is 0. The van der Waals surface area contributed by atoms with E-state index in [1.807, 2.05) is 0 Å². The van der Waals surface area contributed by atoms with Crippen molar-refractivity contribution >= 4 is 79.0 Å². The minimum absolute atomic E-state index is 0.150. The van der Waals surface area contributed by atoms with Crippen LogP contribution >= 0.6 is 0 Å². The highest BCUT2D eigenvalue weighted by Gasteiger charge is 2.89. The zero-order valence-electron chi connectivity index (χ0n) is 41.8. The Balaban J connectivity index is 1.20. The molecular weight excluding hydrogens is 1070 g/mol. The Labute approximate surface area is 423 Å². The highest BCUT2D eigenvalue weighted by molar-refractivity contribution is 7.04. The summed E-state index contributed by atoms with van der Waals surface area (Å²) in [6.45, 7) is 15.3. The maximum absolute atomic E-state index is 8.40. The zero-order valence-corrected chi connectivity index (χ0v) is 50.8. The molecule has 0 N–H and O–H groups in total. The van der Waals surface area contributed by atoms with Gasteiger partial charge in [0, 0.05) is 46.2 Å². The van der Waals surface area contributed by atoms with Crippen LogP contribution in [0.4, 0.5) is 0 Å². The van der Waals surface area contributed by atoms with Gasteiger partial charge in [-0.15, -0.1) is 0 Å². The third kappa shape index (κ3) is 9.37. The van der Waals surface area contributed by atoms with Crippen LogP contribution in [0.15, 0.2) is 0 Å². The van der Waals surface area contributed by atoms with Crippen molar-refractivity contribution in [3.8, 4) is 0 Å². The molecule has 0 amide bonds. The minimum Gasteiger partial charge on any atom is -0.395 e. The molecule has 0 saturated carbocycles. The van der Waals surface area contributed by atoms with Gasteiger partial charge in [0.15, 0.2) is 8.32 Å². The van der Waals surface area contributed by atoms with Crippen molar-refractivity contribution in [2.45, 2.75) is 168 Å². The third-order valence-electron chi connectivity index (χ3n) is 17.2. The number of hydrogen-bond donors (Lipinski definition) is 0. The Morgan fingerprint density at radius 3 is 0.729 bits per heavy atom. The summed E-state index contributed by atoms with van der Waals surface area (Å²) in [5, 5.41) is 0. The maximum Gasteiger partial charge on any atom is 0.646 e. The van der Waals surface area contributed by atoms with E-state index in [0.29, 0.717) is 137 Å². The van der Waals surface area contributed by atoms with Crippen molar-refractivity contribution < 1.29 is 86.7 Å². The van der Waals surface area contributed by atoms with E-state index >= 15 is 0 Å². The highest BCUT2D eigenvalue weighted by Crippen LogP contribution is 2.63. The summed E-state index contributed by atoms with van der Waals surface area (Å²) in [5.41, 5.74) is -2.65. The summed E-state index contributed by atoms with van der Waals surface area (Å²) >= 11 is 0. The first-order chi connectivity index (χ1) is 33.9. The summed E-state index contributed by atoms with van der Waals surface area (Å²) in [4.78, 5) is 0. The fourth-order valence-electron chi connectivity index (χ4n) is 12.7. The van der Waals surface area contributed by atoms with E-state index in [2.05, 4.69) is 26.9 Å². The van der Waals surface area contributed by atoms with Crippen molar-refractivity contribution in [1.29, 1.82) is 0 Å². The SMILES string of the molecule is CCC(C)[Si](C)(C)O[Si]12O[Si]3(C4CCCOC4)O[Si]4(C5CCCOC5)O[Si](C5CCCOC5)(O1)O[Si]1(C5CCCOC5)O[Si](C5CCCOC5)(O2)O[Si](C2CCCOC2)(O3)O[Si](C2CCCOC2)(O4)O1. The molecule has 20 nitrogen and oxygen atoms in total. The van der Waals surface area contributed by atoms with Gasteiger partial charge in [0.2, 0.25) is 0 Å². The molecular formula is C41H78O20Si9. The standard InChI is InChI=1S/C41H78O20Si9/c1-5-34(2)62(3,4)49-70-59-67(39-17-10-24-46-31-39)53-64(36-14-7-21-43-28-36)50-63(35-13-6-20-42-27-35)51-65(55-67,37-15-8-22-44-29-37)57-69(61-70,41-19-12-26-48-33-41)58-66(52-63,38-16-9-23-45-30-38)56-68(54-64,60-70)40-18-11-25-47-32-40/h34-41H,5-33H2,1-4H3. The van der Waals surface area contributed by atoms with E-state index < -0.39 is 95.6 Å². The van der Waals surface area contributed by atoms with E-state index in [4.69, 9.17) is 86.7 Å². The fraction of sp³-hybridized carbons (Fsp3) is 1.00. The predicted octanol–water partition coefficient (Wildman–Crippen LogP) is 6.55. The molecule has 0 spiro atoms. The van der Waals surface area contributed by atoms with Gasteiger partial charge in [-0.05, 0) is 109 Å². The molecule has 29 heteroatoms. The van der Waals surface area contributed by atoms with Gasteiger partial charge in [-0.2, -0.15) is 0 Å². The Morgan fingerprint density at radius 2 is 0.557 bits per heavy atom. The Bertz CT molecular complexity index is 1620. The summed E-state index contributed by atoms with van der Waals surface area (Å²) in [6.07, 6.45) is 11.0. The van der Waals surface area contributed by atoms with Crippen LogP contribution in [0.1, 0.15) is 110 Å². The van der Waals surface area contributed by atoms with Crippen molar-refractivity contribution in [3.63, 3.8) is 0 Å². The molecule has 13 aliphatic heterocycles. The van der Waals surface area contributed by atoms with Crippen LogP contribution in [0.2, 0.25) is 57.4 Å². The van der Waals surface area contributed by atoms with Crippen molar-refractivity contribution in [1.82, 2.24) is 0 Å². The molecule has 0 aliphatic carbocycles. The summed E-state index contributed by atoms with van der Waals surface area (Å²) in [7, 11) is -38.8. The predicted molar refractivity (Wildman–Crippen MR) is 264 cm³/mol. The van der Waals surface area contributed by atoms with Crippen LogP contribution in [0.25, 0.3) is 0 Å². The molecule has 0 radical (unpaired) electrons. The number of hydrogen-bond acceptors (Lipinski definition) is 20. The molecule has 13 fully saturated rings. The molecule has 398 valence electrons. The second-order valence-corrected chi connectivity index (χ2v) is 52.3. The lowest BCUT2D eigenvalue weighted by Crippen LogP contribution is -2.92. The number of rotatable bonds is 11. The molecule has 13 heterocycles. The smallest absolute Gasteiger partial charge is 0.395 e. The average molecular weight is 1140 g/mol. The van der Waals surface area contributed by atoms with Gasteiger partial charge >= 0.3 is 70.7 Å². The van der Waals surface area contributed by atoms with Crippen LogP contribution in [0, 0.1) is 0 Å². The first-order valence-electron chi connectivity index (χ1n) is 27.1. The quantitative estimate of drug-likeness (QED) is 0.203. The first kappa shape index (κ1) is 51.9. The van der Waals surface area contributed by atoms with E-state index in [0.717, 1.165) is 51.4 Å². The lowest BCUT2D eigenvalue weighted by Gasteiger charge is -2.67. The Kier molecular flexibility index (Phi) is 15.1. The van der Waals surface area contributed by atoms with Gasteiger partial charge in [-0.25, -0.2) is 0 Å². The first-order valence-corrected chi connectivity index (χ1v) is 44.3. The van der Waals surface area contributed by atoms with Crippen molar-refractivity contribution in [2.24, 2.45) is 0 Å². The molecule has 13 rings (SSSR count). The van der Waals surface area contributed by atoms with Crippen LogP contribution in [0.5, 0.6) is 0 Å². The van der Waals surface area contributed by atoms with E-state index in [-0.39, 0.29) is 27.7 Å². The molecule has 13 aliphatic rings. The van der Waals surface area contributed by atoms with Gasteiger partial charge in [0.25, 0.3) is 0 Å². The molecule has 0 aromatic heterocycles. The largest absolute Gasteiger partial charge is 0.646 e. The van der Waals surface area contributed by atoms with E-state index in [1.54, 1.807) is 0 Å². The van der Waals surface area contributed by atoms with E-state index in [9.17, 15) is 0 Å². The lowest BCUT2D eigenvalue weighted by atomic mass is 10.2. The maximum atomic E-state index is 8.40. The molecule has 8 unspecified atom stereocenters. The lowest BCUT2D eigenvalue weighted by molar-refractivity contribution is -0.0803. The number of ether oxygens (including phenoxy) is 7. The highest BCUT2D eigenvalue weighted by atomic mass is 28.6. The second-order valence-electron chi connectivity index (χ2n) is 22.4. The molecule has 13 saturated heterocycles. The minimum atomic E-state index is -4.81. The third-order valence-corrected chi connectivity index (χ3v) is 60.1. The van der Waals surface area contributed by atoms with Crippen LogP contribution in [0.3, 0.4) is 0 Å². The summed E-state index contributed by atoms with van der Waals surface area (Å²) < 4.78 is 154. The molecule has 0 aromatic carbocycles. The van der Waals surface area contributed by atoms with Crippen molar-refractivity contribution in [3.05, 3.63) is 0 Å². The van der Waals surface area contributed by atoms with Gasteiger partial charge in [0.05, 0.1) is 85.0 Å². The van der Waals surface area contributed by atoms with E-state index in [1.165, 1.54) is 0 Å².